The van der Waals surface area contributed by atoms with Gasteiger partial charge in [0.25, 0.3) is 0 Å². The van der Waals surface area contributed by atoms with Gasteiger partial charge >= 0.3 is 0 Å². The molecule has 4 nitrogen and oxygen atoms in total. The number of benzene rings is 1. The van der Waals surface area contributed by atoms with E-state index in [1.807, 2.05) is 31.3 Å². The van der Waals surface area contributed by atoms with Crippen LogP contribution in [-0.2, 0) is 11.3 Å². The van der Waals surface area contributed by atoms with Crippen molar-refractivity contribution in [2.24, 2.45) is 0 Å². The van der Waals surface area contributed by atoms with Crippen molar-refractivity contribution in [3.63, 3.8) is 0 Å². The highest BCUT2D eigenvalue weighted by Crippen LogP contribution is 2.13. The van der Waals surface area contributed by atoms with Crippen LogP contribution in [-0.4, -0.2) is 37.0 Å². The summed E-state index contributed by atoms with van der Waals surface area (Å²) in [6.07, 6.45) is 2.24. The Morgan fingerprint density at radius 1 is 1.38 bits per heavy atom. The number of nitrogens with zero attached hydrogens (tertiary/aromatic N) is 1. The van der Waals surface area contributed by atoms with E-state index < -0.39 is 0 Å². The highest BCUT2D eigenvalue weighted by molar-refractivity contribution is 5.76. The Kier molecular flexibility index (Phi) is 7.54. The molecular formula is C17H26N2O2. The summed E-state index contributed by atoms with van der Waals surface area (Å²) in [5, 5.41) is 3.25. The number of rotatable bonds is 9. The van der Waals surface area contributed by atoms with Crippen molar-refractivity contribution >= 4 is 5.91 Å². The van der Waals surface area contributed by atoms with Crippen molar-refractivity contribution in [2.75, 3.05) is 20.2 Å². The van der Waals surface area contributed by atoms with E-state index in [1.54, 1.807) is 11.0 Å². The Bertz CT molecular complexity index is 441. The SMILES string of the molecule is C=CCOc1ccc(CN(C)C(=O)CCNC(C)C)cc1. The Hall–Kier alpha value is -1.81. The zero-order chi connectivity index (χ0) is 15.7. The van der Waals surface area contributed by atoms with Crippen LogP contribution in [0.25, 0.3) is 0 Å². The molecule has 21 heavy (non-hydrogen) atoms. The monoisotopic (exact) mass is 290 g/mol. The van der Waals surface area contributed by atoms with Gasteiger partial charge in [0.05, 0.1) is 0 Å². The van der Waals surface area contributed by atoms with Gasteiger partial charge in [-0.25, -0.2) is 0 Å². The molecule has 1 aromatic carbocycles. The highest BCUT2D eigenvalue weighted by Gasteiger charge is 2.09. The number of nitrogens with one attached hydrogen (secondary N) is 1. The zero-order valence-electron chi connectivity index (χ0n) is 13.3. The maximum atomic E-state index is 12.0. The van der Waals surface area contributed by atoms with E-state index >= 15 is 0 Å². The van der Waals surface area contributed by atoms with Crippen LogP contribution >= 0.6 is 0 Å². The summed E-state index contributed by atoms with van der Waals surface area (Å²) in [6.45, 7) is 9.59. The molecule has 1 N–H and O–H groups in total. The molecule has 0 atom stereocenters. The molecule has 0 aliphatic rings. The summed E-state index contributed by atoms with van der Waals surface area (Å²) in [5.41, 5.74) is 1.09. The lowest BCUT2D eigenvalue weighted by Crippen LogP contribution is -2.31. The van der Waals surface area contributed by atoms with E-state index in [1.165, 1.54) is 0 Å². The number of carbonyl (C=O) groups is 1. The normalized spacial score (nSPS) is 10.5. The fourth-order valence-electron chi connectivity index (χ4n) is 1.87. The first-order valence-corrected chi connectivity index (χ1v) is 7.33. The summed E-state index contributed by atoms with van der Waals surface area (Å²) in [4.78, 5) is 13.7. The first-order chi connectivity index (χ1) is 10.0. The third-order valence-corrected chi connectivity index (χ3v) is 3.03. The predicted molar refractivity (Wildman–Crippen MR) is 86.4 cm³/mol. The summed E-state index contributed by atoms with van der Waals surface area (Å²) >= 11 is 0. The average molecular weight is 290 g/mol. The van der Waals surface area contributed by atoms with Crippen molar-refractivity contribution in [3.8, 4) is 5.75 Å². The van der Waals surface area contributed by atoms with Gasteiger partial charge in [0.2, 0.25) is 5.91 Å². The number of amides is 1. The summed E-state index contributed by atoms with van der Waals surface area (Å²) in [5.74, 6) is 0.962. The maximum absolute atomic E-state index is 12.0. The average Bonchev–Trinajstić information content (AvgIpc) is 2.46. The molecular weight excluding hydrogens is 264 g/mol. The van der Waals surface area contributed by atoms with Gasteiger partial charge in [0.1, 0.15) is 12.4 Å². The van der Waals surface area contributed by atoms with Crippen LogP contribution in [0.5, 0.6) is 5.75 Å². The topological polar surface area (TPSA) is 41.6 Å². The van der Waals surface area contributed by atoms with E-state index in [0.717, 1.165) is 17.9 Å². The van der Waals surface area contributed by atoms with Crippen LogP contribution in [0.2, 0.25) is 0 Å². The lowest BCUT2D eigenvalue weighted by molar-refractivity contribution is -0.130. The fourth-order valence-corrected chi connectivity index (χ4v) is 1.87. The van der Waals surface area contributed by atoms with Crippen molar-refractivity contribution in [1.82, 2.24) is 10.2 Å². The quantitative estimate of drug-likeness (QED) is 0.711. The number of ether oxygens (including phenoxy) is 1. The van der Waals surface area contributed by atoms with Crippen molar-refractivity contribution in [2.45, 2.75) is 32.9 Å². The van der Waals surface area contributed by atoms with Gasteiger partial charge in [-0.05, 0) is 17.7 Å². The Morgan fingerprint density at radius 2 is 2.05 bits per heavy atom. The van der Waals surface area contributed by atoms with E-state index in [-0.39, 0.29) is 5.91 Å². The molecule has 1 aromatic rings. The van der Waals surface area contributed by atoms with Gasteiger partial charge in [-0.15, -0.1) is 0 Å². The fraction of sp³-hybridized carbons (Fsp3) is 0.471. The Labute approximate surface area is 127 Å². The van der Waals surface area contributed by atoms with E-state index in [2.05, 4.69) is 25.7 Å². The molecule has 0 fully saturated rings. The Morgan fingerprint density at radius 3 is 2.62 bits per heavy atom. The molecule has 0 spiro atoms. The van der Waals surface area contributed by atoms with Crippen molar-refractivity contribution < 1.29 is 9.53 Å². The first-order valence-electron chi connectivity index (χ1n) is 7.33. The molecule has 116 valence electrons. The third kappa shape index (κ3) is 6.95. The molecule has 0 saturated heterocycles. The number of carbonyl (C=O) groups excluding carboxylic acids is 1. The predicted octanol–water partition coefficient (Wildman–Crippen LogP) is 2.60. The van der Waals surface area contributed by atoms with Gasteiger partial charge in [0, 0.05) is 32.6 Å². The lowest BCUT2D eigenvalue weighted by Gasteiger charge is -2.18. The minimum Gasteiger partial charge on any atom is -0.490 e. The van der Waals surface area contributed by atoms with Gasteiger partial charge in [-0.1, -0.05) is 38.6 Å². The molecule has 4 heteroatoms. The zero-order valence-corrected chi connectivity index (χ0v) is 13.3. The minimum absolute atomic E-state index is 0.148. The minimum atomic E-state index is 0.148. The molecule has 0 saturated carbocycles. The second-order valence-corrected chi connectivity index (χ2v) is 5.35. The second-order valence-electron chi connectivity index (χ2n) is 5.35. The van der Waals surface area contributed by atoms with Gasteiger partial charge in [0.15, 0.2) is 0 Å². The van der Waals surface area contributed by atoms with E-state index in [9.17, 15) is 4.79 Å². The van der Waals surface area contributed by atoms with Gasteiger partial charge in [-0.3, -0.25) is 4.79 Å². The summed E-state index contributed by atoms with van der Waals surface area (Å²) in [6, 6.07) is 8.20. The van der Waals surface area contributed by atoms with Gasteiger partial charge in [-0.2, -0.15) is 0 Å². The van der Waals surface area contributed by atoms with Crippen LogP contribution in [0.3, 0.4) is 0 Å². The summed E-state index contributed by atoms with van der Waals surface area (Å²) < 4.78 is 5.43. The van der Waals surface area contributed by atoms with E-state index in [4.69, 9.17) is 4.74 Å². The highest BCUT2D eigenvalue weighted by atomic mass is 16.5. The second kappa shape index (κ2) is 9.19. The molecule has 0 bridgehead atoms. The smallest absolute Gasteiger partial charge is 0.223 e. The van der Waals surface area contributed by atoms with E-state index in [0.29, 0.717) is 25.6 Å². The van der Waals surface area contributed by atoms with Crippen molar-refractivity contribution in [3.05, 3.63) is 42.5 Å². The number of hydrogen-bond donors (Lipinski definition) is 1. The van der Waals surface area contributed by atoms with Crippen LogP contribution < -0.4 is 10.1 Å². The molecule has 0 heterocycles. The lowest BCUT2D eigenvalue weighted by atomic mass is 10.2. The molecule has 1 amide bonds. The molecule has 0 aliphatic heterocycles. The molecule has 1 rings (SSSR count). The molecule has 0 radical (unpaired) electrons. The van der Waals surface area contributed by atoms with Crippen LogP contribution in [0.1, 0.15) is 25.8 Å². The van der Waals surface area contributed by atoms with Crippen LogP contribution in [0, 0.1) is 0 Å². The molecule has 0 aromatic heterocycles. The maximum Gasteiger partial charge on any atom is 0.223 e. The van der Waals surface area contributed by atoms with Crippen molar-refractivity contribution in [1.29, 1.82) is 0 Å². The Balaban J connectivity index is 2.40. The number of hydrogen-bond acceptors (Lipinski definition) is 3. The first kappa shape index (κ1) is 17.2. The molecule has 0 unspecified atom stereocenters. The van der Waals surface area contributed by atoms with Crippen LogP contribution in [0.4, 0.5) is 0 Å². The van der Waals surface area contributed by atoms with Gasteiger partial charge < -0.3 is 15.0 Å². The third-order valence-electron chi connectivity index (χ3n) is 3.03. The molecule has 0 aliphatic carbocycles. The summed E-state index contributed by atoms with van der Waals surface area (Å²) in [7, 11) is 1.83. The largest absolute Gasteiger partial charge is 0.490 e. The standard InChI is InChI=1S/C17H26N2O2/c1-5-12-21-16-8-6-15(7-9-16)13-19(4)17(20)10-11-18-14(2)3/h5-9,14,18H,1,10-13H2,2-4H3. The van der Waals surface area contributed by atoms with Crippen LogP contribution in [0.15, 0.2) is 36.9 Å².